The van der Waals surface area contributed by atoms with Crippen molar-refractivity contribution in [2.75, 3.05) is 31.9 Å². The topological polar surface area (TPSA) is 71.2 Å². The second-order valence-corrected chi connectivity index (χ2v) is 4.25. The predicted octanol–water partition coefficient (Wildman–Crippen LogP) is 0.489. The number of nitrogens with one attached hydrogen (secondary N) is 1. The van der Waals surface area contributed by atoms with E-state index in [-0.39, 0.29) is 5.91 Å². The zero-order valence-electron chi connectivity index (χ0n) is 9.85. The Kier molecular flexibility index (Phi) is 3.93. The number of nitrogen functional groups attached to an aromatic ring is 1. The van der Waals surface area contributed by atoms with Crippen LogP contribution in [0.15, 0.2) is 18.3 Å². The highest BCUT2D eigenvalue weighted by Crippen LogP contribution is 2.07. The van der Waals surface area contributed by atoms with Gasteiger partial charge in [0.2, 0.25) is 0 Å². The van der Waals surface area contributed by atoms with Gasteiger partial charge in [0.05, 0.1) is 5.69 Å². The van der Waals surface area contributed by atoms with E-state index in [1.165, 1.54) is 12.8 Å². The first-order valence-corrected chi connectivity index (χ1v) is 5.98. The molecule has 0 aromatic carbocycles. The number of carbonyl (C=O) groups is 1. The first-order valence-electron chi connectivity index (χ1n) is 5.98. The van der Waals surface area contributed by atoms with Gasteiger partial charge in [-0.05, 0) is 38.1 Å². The van der Waals surface area contributed by atoms with Crippen LogP contribution in [0.1, 0.15) is 23.3 Å². The molecule has 0 atom stereocenters. The number of hydrogen-bond acceptors (Lipinski definition) is 4. The monoisotopic (exact) mass is 234 g/mol. The molecule has 1 aliphatic heterocycles. The Morgan fingerprint density at radius 1 is 1.47 bits per heavy atom. The zero-order chi connectivity index (χ0) is 12.1. The third-order valence-electron chi connectivity index (χ3n) is 2.97. The van der Waals surface area contributed by atoms with Crippen molar-refractivity contribution in [3.63, 3.8) is 0 Å². The summed E-state index contributed by atoms with van der Waals surface area (Å²) in [6.07, 6.45) is 4.11. The van der Waals surface area contributed by atoms with Crippen LogP contribution in [0.5, 0.6) is 0 Å². The van der Waals surface area contributed by atoms with Crippen LogP contribution in [0.4, 0.5) is 5.69 Å². The van der Waals surface area contributed by atoms with Crippen LogP contribution in [-0.4, -0.2) is 42.0 Å². The van der Waals surface area contributed by atoms with Gasteiger partial charge in [-0.25, -0.2) is 4.98 Å². The fourth-order valence-electron chi connectivity index (χ4n) is 2.02. The normalized spacial score (nSPS) is 16.0. The summed E-state index contributed by atoms with van der Waals surface area (Å²) in [5.41, 5.74) is 6.42. The van der Waals surface area contributed by atoms with E-state index in [0.29, 0.717) is 17.9 Å². The van der Waals surface area contributed by atoms with Gasteiger partial charge >= 0.3 is 0 Å². The smallest absolute Gasteiger partial charge is 0.272 e. The molecule has 1 amide bonds. The number of nitrogens with two attached hydrogens (primary N) is 1. The maximum Gasteiger partial charge on any atom is 0.272 e. The number of amides is 1. The minimum absolute atomic E-state index is 0.192. The summed E-state index contributed by atoms with van der Waals surface area (Å²) in [5.74, 6) is -0.192. The van der Waals surface area contributed by atoms with Crippen LogP contribution in [-0.2, 0) is 0 Å². The summed E-state index contributed by atoms with van der Waals surface area (Å²) >= 11 is 0. The summed E-state index contributed by atoms with van der Waals surface area (Å²) in [6, 6.07) is 3.40. The number of rotatable bonds is 4. The lowest BCUT2D eigenvalue weighted by Gasteiger charge is -2.14. The molecule has 5 heteroatoms. The maximum atomic E-state index is 11.8. The second kappa shape index (κ2) is 5.63. The average molecular weight is 234 g/mol. The largest absolute Gasteiger partial charge is 0.397 e. The lowest BCUT2D eigenvalue weighted by atomic mass is 10.3. The van der Waals surface area contributed by atoms with E-state index >= 15 is 0 Å². The molecular weight excluding hydrogens is 216 g/mol. The number of likely N-dealkylation sites (tertiary alicyclic amines) is 1. The molecule has 0 spiro atoms. The number of carbonyl (C=O) groups excluding carboxylic acids is 1. The molecule has 0 bridgehead atoms. The number of anilines is 1. The minimum Gasteiger partial charge on any atom is -0.397 e. The lowest BCUT2D eigenvalue weighted by molar-refractivity contribution is 0.0946. The van der Waals surface area contributed by atoms with Gasteiger partial charge in [-0.15, -0.1) is 0 Å². The Morgan fingerprint density at radius 2 is 2.24 bits per heavy atom. The Hall–Kier alpha value is -1.62. The first-order chi connectivity index (χ1) is 8.27. The molecule has 0 aliphatic carbocycles. The van der Waals surface area contributed by atoms with E-state index < -0.39 is 0 Å². The number of aromatic nitrogens is 1. The highest BCUT2D eigenvalue weighted by molar-refractivity contribution is 5.96. The lowest BCUT2D eigenvalue weighted by Crippen LogP contribution is -2.34. The van der Waals surface area contributed by atoms with E-state index in [1.54, 1.807) is 18.3 Å². The SMILES string of the molecule is Nc1cccnc1C(=O)NCCN1CCCC1. The first kappa shape index (κ1) is 11.9. The van der Waals surface area contributed by atoms with Gasteiger partial charge in [0.15, 0.2) is 5.69 Å². The van der Waals surface area contributed by atoms with Crippen molar-refractivity contribution in [1.82, 2.24) is 15.2 Å². The van der Waals surface area contributed by atoms with Gasteiger partial charge in [-0.3, -0.25) is 4.79 Å². The Bertz CT molecular complexity index is 388. The molecular formula is C12H18N4O. The Labute approximate surface area is 101 Å². The van der Waals surface area contributed by atoms with Crippen LogP contribution in [0, 0.1) is 0 Å². The van der Waals surface area contributed by atoms with Gasteiger partial charge in [-0.1, -0.05) is 0 Å². The highest BCUT2D eigenvalue weighted by Gasteiger charge is 2.13. The molecule has 2 heterocycles. The quantitative estimate of drug-likeness (QED) is 0.795. The molecule has 0 unspecified atom stereocenters. The molecule has 5 nitrogen and oxygen atoms in total. The number of pyridine rings is 1. The van der Waals surface area contributed by atoms with Crippen molar-refractivity contribution in [2.45, 2.75) is 12.8 Å². The summed E-state index contributed by atoms with van der Waals surface area (Å²) < 4.78 is 0. The van der Waals surface area contributed by atoms with Crippen LogP contribution < -0.4 is 11.1 Å². The van der Waals surface area contributed by atoms with Crippen LogP contribution >= 0.6 is 0 Å². The molecule has 1 fully saturated rings. The number of hydrogen-bond donors (Lipinski definition) is 2. The van der Waals surface area contributed by atoms with Crippen LogP contribution in [0.25, 0.3) is 0 Å². The van der Waals surface area contributed by atoms with E-state index in [1.807, 2.05) is 0 Å². The fraction of sp³-hybridized carbons (Fsp3) is 0.500. The Balaban J connectivity index is 1.79. The molecule has 0 radical (unpaired) electrons. The van der Waals surface area contributed by atoms with E-state index in [9.17, 15) is 4.79 Å². The van der Waals surface area contributed by atoms with E-state index in [2.05, 4.69) is 15.2 Å². The van der Waals surface area contributed by atoms with Gasteiger partial charge < -0.3 is 16.0 Å². The molecule has 92 valence electrons. The summed E-state index contributed by atoms with van der Waals surface area (Å²) in [7, 11) is 0. The van der Waals surface area contributed by atoms with Crippen LogP contribution in [0.3, 0.4) is 0 Å². The summed E-state index contributed by atoms with van der Waals surface area (Å²) in [6.45, 7) is 3.83. The molecule has 3 N–H and O–H groups in total. The van der Waals surface area contributed by atoms with Gasteiger partial charge in [0.1, 0.15) is 0 Å². The third kappa shape index (κ3) is 3.17. The van der Waals surface area contributed by atoms with Crippen molar-refractivity contribution in [2.24, 2.45) is 0 Å². The molecule has 2 rings (SSSR count). The molecule has 1 aliphatic rings. The zero-order valence-corrected chi connectivity index (χ0v) is 9.85. The van der Waals surface area contributed by atoms with E-state index in [4.69, 9.17) is 5.73 Å². The molecule has 1 aromatic heterocycles. The van der Waals surface area contributed by atoms with Crippen molar-refractivity contribution in [1.29, 1.82) is 0 Å². The Morgan fingerprint density at radius 3 is 2.94 bits per heavy atom. The van der Waals surface area contributed by atoms with Crippen molar-refractivity contribution < 1.29 is 4.79 Å². The van der Waals surface area contributed by atoms with Crippen LogP contribution in [0.2, 0.25) is 0 Å². The summed E-state index contributed by atoms with van der Waals surface area (Å²) in [5, 5.41) is 2.84. The van der Waals surface area contributed by atoms with E-state index in [0.717, 1.165) is 19.6 Å². The third-order valence-corrected chi connectivity index (χ3v) is 2.97. The van der Waals surface area contributed by atoms with Crippen molar-refractivity contribution >= 4 is 11.6 Å². The maximum absolute atomic E-state index is 11.8. The molecule has 0 saturated carbocycles. The van der Waals surface area contributed by atoms with Gasteiger partial charge in [-0.2, -0.15) is 0 Å². The molecule has 1 aromatic rings. The summed E-state index contributed by atoms with van der Waals surface area (Å²) in [4.78, 5) is 18.1. The highest BCUT2D eigenvalue weighted by atomic mass is 16.1. The molecule has 1 saturated heterocycles. The van der Waals surface area contributed by atoms with Gasteiger partial charge in [0.25, 0.3) is 5.91 Å². The second-order valence-electron chi connectivity index (χ2n) is 4.25. The number of nitrogens with zero attached hydrogens (tertiary/aromatic N) is 2. The van der Waals surface area contributed by atoms with Crippen molar-refractivity contribution in [3.8, 4) is 0 Å². The molecule has 17 heavy (non-hydrogen) atoms. The minimum atomic E-state index is -0.192. The van der Waals surface area contributed by atoms with Crippen molar-refractivity contribution in [3.05, 3.63) is 24.0 Å². The fourth-order valence-corrected chi connectivity index (χ4v) is 2.02. The average Bonchev–Trinajstić information content (AvgIpc) is 2.82. The standard InChI is InChI=1S/C12H18N4O/c13-10-4-3-5-14-11(10)12(17)15-6-9-16-7-1-2-8-16/h3-5H,1-2,6-9,13H2,(H,15,17). The predicted molar refractivity (Wildman–Crippen MR) is 66.7 cm³/mol. The van der Waals surface area contributed by atoms with Gasteiger partial charge in [0, 0.05) is 19.3 Å².